The first-order valence-electron chi connectivity index (χ1n) is 8.78. The maximum atomic E-state index is 12.2. The quantitative estimate of drug-likeness (QED) is 0.801. The van der Waals surface area contributed by atoms with Gasteiger partial charge in [0.05, 0.1) is 11.7 Å². The Kier molecular flexibility index (Phi) is 6.50. The molecule has 0 aromatic carbocycles. The number of hydrogen-bond donors (Lipinski definition) is 2. The van der Waals surface area contributed by atoms with E-state index in [1.165, 1.54) is 19.4 Å². The van der Waals surface area contributed by atoms with Gasteiger partial charge in [0.2, 0.25) is 5.76 Å². The number of carboxylic acids is 1. The van der Waals surface area contributed by atoms with Crippen LogP contribution in [0, 0.1) is 12.8 Å². The molecular formula is C17H24F3N3O4. The second-order valence-electron chi connectivity index (χ2n) is 7.26. The van der Waals surface area contributed by atoms with E-state index < -0.39 is 12.1 Å². The Balaban J connectivity index is 0.000000321. The van der Waals surface area contributed by atoms with Gasteiger partial charge in [-0.05, 0) is 25.7 Å². The molecule has 1 aromatic rings. The van der Waals surface area contributed by atoms with Crippen molar-refractivity contribution in [3.63, 3.8) is 0 Å². The number of aryl methyl sites for hydroxylation is 1. The fourth-order valence-electron chi connectivity index (χ4n) is 2.60. The van der Waals surface area contributed by atoms with Gasteiger partial charge in [-0.15, -0.1) is 0 Å². The number of carbonyl (C=O) groups excluding carboxylic acids is 1. The number of hydrogen-bond acceptors (Lipinski definition) is 5. The van der Waals surface area contributed by atoms with Crippen LogP contribution >= 0.6 is 0 Å². The molecule has 2 N–H and O–H groups in total. The van der Waals surface area contributed by atoms with Gasteiger partial charge in [0.15, 0.2) is 5.89 Å². The Morgan fingerprint density at radius 1 is 1.33 bits per heavy atom. The summed E-state index contributed by atoms with van der Waals surface area (Å²) in [6, 6.07) is 0.258. The monoisotopic (exact) mass is 391 g/mol. The van der Waals surface area contributed by atoms with Crippen molar-refractivity contribution in [2.24, 2.45) is 5.92 Å². The predicted octanol–water partition coefficient (Wildman–Crippen LogP) is 2.56. The molecule has 0 spiro atoms. The Morgan fingerprint density at radius 3 is 2.30 bits per heavy atom. The van der Waals surface area contributed by atoms with Crippen LogP contribution in [0.1, 0.15) is 54.7 Å². The van der Waals surface area contributed by atoms with E-state index in [-0.39, 0.29) is 17.9 Å². The third-order valence-electron chi connectivity index (χ3n) is 4.26. The predicted molar refractivity (Wildman–Crippen MR) is 89.4 cm³/mol. The molecule has 3 rings (SSSR count). The van der Waals surface area contributed by atoms with Crippen LogP contribution in [0.3, 0.4) is 0 Å². The molecule has 1 amide bonds. The van der Waals surface area contributed by atoms with Crippen LogP contribution in [0.4, 0.5) is 13.2 Å². The lowest BCUT2D eigenvalue weighted by molar-refractivity contribution is -0.192. The van der Waals surface area contributed by atoms with Gasteiger partial charge in [-0.25, -0.2) is 9.78 Å². The van der Waals surface area contributed by atoms with E-state index in [1.807, 2.05) is 20.8 Å². The second-order valence-corrected chi connectivity index (χ2v) is 7.26. The highest BCUT2D eigenvalue weighted by Gasteiger charge is 2.38. The number of alkyl halides is 3. The van der Waals surface area contributed by atoms with Crippen LogP contribution in [0.5, 0.6) is 0 Å². The number of oxazole rings is 1. The summed E-state index contributed by atoms with van der Waals surface area (Å²) < 4.78 is 37.3. The first kappa shape index (κ1) is 21.2. The molecule has 1 saturated heterocycles. The number of amides is 1. The van der Waals surface area contributed by atoms with Crippen LogP contribution < -0.4 is 5.32 Å². The number of carboxylic acid groups (broad SMARTS) is 1. The number of aliphatic carboxylic acids is 1. The van der Waals surface area contributed by atoms with E-state index in [2.05, 4.69) is 15.2 Å². The summed E-state index contributed by atoms with van der Waals surface area (Å²) >= 11 is 0. The SMILES string of the molecule is Cc1nc(C(C)C)oc1C(=O)NC1CN(CC2CC2)C1.O=C(O)C(F)(F)F. The normalized spacial score (nSPS) is 17.9. The summed E-state index contributed by atoms with van der Waals surface area (Å²) in [5.74, 6) is -0.763. The van der Waals surface area contributed by atoms with Crippen molar-refractivity contribution in [1.82, 2.24) is 15.2 Å². The minimum absolute atomic E-state index is 0.127. The van der Waals surface area contributed by atoms with Crippen molar-refractivity contribution >= 4 is 11.9 Å². The molecule has 0 atom stereocenters. The topological polar surface area (TPSA) is 95.7 Å². The van der Waals surface area contributed by atoms with Gasteiger partial charge in [0.25, 0.3) is 5.91 Å². The Hall–Kier alpha value is -2.10. The number of carbonyl (C=O) groups is 2. The van der Waals surface area contributed by atoms with Gasteiger partial charge in [0.1, 0.15) is 0 Å². The van der Waals surface area contributed by atoms with Crippen molar-refractivity contribution in [3.8, 4) is 0 Å². The third kappa shape index (κ3) is 6.23. The summed E-state index contributed by atoms with van der Waals surface area (Å²) in [5, 5.41) is 10.2. The molecular weight excluding hydrogens is 367 g/mol. The standard InChI is InChI=1S/C15H23N3O2.C2HF3O2/c1-9(2)15-16-10(3)13(20-15)14(19)17-12-7-18(8-12)6-11-4-5-11;3-2(4,5)1(6)7/h9,11-12H,4-8H2,1-3H3,(H,17,19);(H,6,7). The van der Waals surface area contributed by atoms with Gasteiger partial charge in [-0.1, -0.05) is 13.8 Å². The average Bonchev–Trinajstić information content (AvgIpc) is 3.24. The molecule has 0 bridgehead atoms. The summed E-state index contributed by atoms with van der Waals surface area (Å²) in [6.45, 7) is 8.97. The van der Waals surface area contributed by atoms with E-state index in [4.69, 9.17) is 14.3 Å². The van der Waals surface area contributed by atoms with Gasteiger partial charge in [-0.2, -0.15) is 13.2 Å². The van der Waals surface area contributed by atoms with Crippen LogP contribution in [-0.4, -0.2) is 58.7 Å². The van der Waals surface area contributed by atoms with Gasteiger partial charge < -0.3 is 14.8 Å². The van der Waals surface area contributed by atoms with Crippen LogP contribution in [0.2, 0.25) is 0 Å². The molecule has 1 aliphatic heterocycles. The maximum Gasteiger partial charge on any atom is 0.490 e. The molecule has 1 aliphatic carbocycles. The minimum Gasteiger partial charge on any atom is -0.475 e. The van der Waals surface area contributed by atoms with E-state index in [9.17, 15) is 18.0 Å². The molecule has 1 saturated carbocycles. The molecule has 2 heterocycles. The zero-order chi connectivity index (χ0) is 20.4. The van der Waals surface area contributed by atoms with Crippen molar-refractivity contribution in [2.75, 3.05) is 19.6 Å². The zero-order valence-corrected chi connectivity index (χ0v) is 15.5. The van der Waals surface area contributed by atoms with Crippen molar-refractivity contribution in [1.29, 1.82) is 0 Å². The van der Waals surface area contributed by atoms with Gasteiger partial charge in [0, 0.05) is 25.6 Å². The molecule has 7 nitrogen and oxygen atoms in total. The molecule has 1 aromatic heterocycles. The number of nitrogens with zero attached hydrogens (tertiary/aromatic N) is 2. The summed E-state index contributed by atoms with van der Waals surface area (Å²) in [5.41, 5.74) is 0.681. The van der Waals surface area contributed by atoms with Crippen LogP contribution in [-0.2, 0) is 4.79 Å². The molecule has 27 heavy (non-hydrogen) atoms. The first-order chi connectivity index (χ1) is 12.5. The van der Waals surface area contributed by atoms with Gasteiger partial charge in [-0.3, -0.25) is 9.69 Å². The van der Waals surface area contributed by atoms with E-state index in [0.717, 1.165) is 19.0 Å². The minimum atomic E-state index is -5.08. The lowest BCUT2D eigenvalue weighted by Crippen LogP contribution is -2.59. The van der Waals surface area contributed by atoms with Crippen molar-refractivity contribution in [3.05, 3.63) is 17.3 Å². The molecule has 2 fully saturated rings. The number of nitrogens with one attached hydrogen (secondary N) is 1. The second kappa shape index (κ2) is 8.28. The molecule has 0 radical (unpaired) electrons. The fourth-order valence-corrected chi connectivity index (χ4v) is 2.60. The van der Waals surface area contributed by atoms with E-state index in [1.54, 1.807) is 0 Å². The smallest absolute Gasteiger partial charge is 0.475 e. The lowest BCUT2D eigenvalue weighted by Gasteiger charge is -2.39. The van der Waals surface area contributed by atoms with E-state index >= 15 is 0 Å². The van der Waals surface area contributed by atoms with E-state index in [0.29, 0.717) is 17.3 Å². The maximum absolute atomic E-state index is 12.2. The summed E-state index contributed by atoms with van der Waals surface area (Å²) in [6.07, 6.45) is -2.33. The van der Waals surface area contributed by atoms with Crippen molar-refractivity contribution < 1.29 is 32.3 Å². The average molecular weight is 391 g/mol. The zero-order valence-electron chi connectivity index (χ0n) is 15.5. The lowest BCUT2D eigenvalue weighted by atomic mass is 10.1. The number of halogens is 3. The Bertz CT molecular complexity index is 677. The summed E-state index contributed by atoms with van der Waals surface area (Å²) in [4.78, 5) is 27.8. The molecule has 10 heteroatoms. The molecule has 2 aliphatic rings. The number of rotatable bonds is 5. The van der Waals surface area contributed by atoms with Gasteiger partial charge >= 0.3 is 12.1 Å². The Labute approximate surface area is 154 Å². The highest BCUT2D eigenvalue weighted by molar-refractivity contribution is 5.92. The third-order valence-corrected chi connectivity index (χ3v) is 4.26. The largest absolute Gasteiger partial charge is 0.490 e. The summed E-state index contributed by atoms with van der Waals surface area (Å²) in [7, 11) is 0. The molecule has 0 unspecified atom stereocenters. The first-order valence-corrected chi connectivity index (χ1v) is 8.78. The molecule has 152 valence electrons. The van der Waals surface area contributed by atoms with Crippen LogP contribution in [0.25, 0.3) is 0 Å². The fraction of sp³-hybridized carbons (Fsp3) is 0.706. The number of likely N-dealkylation sites (tertiary alicyclic amines) is 1. The van der Waals surface area contributed by atoms with Crippen LogP contribution in [0.15, 0.2) is 4.42 Å². The number of aromatic nitrogens is 1. The highest BCUT2D eigenvalue weighted by atomic mass is 19.4. The highest BCUT2D eigenvalue weighted by Crippen LogP contribution is 2.31. The Morgan fingerprint density at radius 2 is 1.89 bits per heavy atom. The van der Waals surface area contributed by atoms with Crippen molar-refractivity contribution in [2.45, 2.75) is 51.7 Å².